The smallest absolute Gasteiger partial charge is 0.355 e. The summed E-state index contributed by atoms with van der Waals surface area (Å²) in [6.07, 6.45) is 1.14. The zero-order chi connectivity index (χ0) is 27.4. The van der Waals surface area contributed by atoms with E-state index in [0.717, 1.165) is 17.7 Å². The first kappa shape index (κ1) is 26.8. The van der Waals surface area contributed by atoms with Gasteiger partial charge in [-0.1, -0.05) is 17.7 Å². The van der Waals surface area contributed by atoms with Crippen molar-refractivity contribution in [3.63, 3.8) is 0 Å². The lowest BCUT2D eigenvalue weighted by Crippen LogP contribution is -2.45. The van der Waals surface area contributed by atoms with E-state index >= 15 is 4.39 Å². The number of likely N-dealkylation sites (tertiary alicyclic amines) is 1. The molecule has 2 atom stereocenters. The van der Waals surface area contributed by atoms with Gasteiger partial charge in [0.25, 0.3) is 5.56 Å². The van der Waals surface area contributed by atoms with Crippen molar-refractivity contribution >= 4 is 41.0 Å². The third-order valence-electron chi connectivity index (χ3n) is 5.94. The molecule has 11 nitrogen and oxygen atoms in total. The van der Waals surface area contributed by atoms with Crippen molar-refractivity contribution in [2.75, 3.05) is 31.4 Å². The minimum atomic E-state index is -0.964. The molecule has 4 rings (SSSR count). The first-order valence-electron chi connectivity index (χ1n) is 11.3. The predicted octanol–water partition coefficient (Wildman–Crippen LogP) is 3.07. The summed E-state index contributed by atoms with van der Waals surface area (Å²) in [5, 5.41) is 5.49. The lowest BCUT2D eigenvalue weighted by Gasteiger charge is -2.24. The normalized spacial score (nSPS) is 16.7. The van der Waals surface area contributed by atoms with Crippen LogP contribution in [0.25, 0.3) is 5.69 Å². The molecule has 3 heterocycles. The summed E-state index contributed by atoms with van der Waals surface area (Å²) in [5.41, 5.74) is -0.784. The van der Waals surface area contributed by atoms with E-state index in [1.54, 1.807) is 6.07 Å². The van der Waals surface area contributed by atoms with E-state index in [9.17, 15) is 19.2 Å². The van der Waals surface area contributed by atoms with Crippen LogP contribution in [0.1, 0.15) is 16.9 Å². The SMILES string of the molecule is COC(=O)c1cccc(=O)n1-c1ccc(NC(=O)[C@H]2C[C@@H](OC)CN2C(=O)Nc2ccc(Cl)cn2)c(F)c1. The minimum Gasteiger partial charge on any atom is -0.464 e. The van der Waals surface area contributed by atoms with Gasteiger partial charge < -0.3 is 19.7 Å². The van der Waals surface area contributed by atoms with Crippen LogP contribution >= 0.6 is 11.6 Å². The number of carbonyl (C=O) groups excluding carboxylic acids is 3. The second-order valence-corrected chi connectivity index (χ2v) is 8.72. The number of hydrogen-bond acceptors (Lipinski definition) is 7. The molecule has 3 aromatic rings. The Balaban J connectivity index is 1.54. The molecule has 0 radical (unpaired) electrons. The van der Waals surface area contributed by atoms with Crippen molar-refractivity contribution in [1.29, 1.82) is 0 Å². The Hall–Kier alpha value is -4.29. The molecule has 2 aromatic heterocycles. The highest BCUT2D eigenvalue weighted by atomic mass is 35.5. The van der Waals surface area contributed by atoms with Gasteiger partial charge in [0.2, 0.25) is 5.91 Å². The maximum Gasteiger partial charge on any atom is 0.355 e. The summed E-state index contributed by atoms with van der Waals surface area (Å²) in [5.74, 6) is -2.03. The van der Waals surface area contributed by atoms with Gasteiger partial charge in [-0.15, -0.1) is 0 Å². The van der Waals surface area contributed by atoms with Gasteiger partial charge in [-0.3, -0.25) is 19.5 Å². The maximum atomic E-state index is 15.1. The maximum absolute atomic E-state index is 15.1. The van der Waals surface area contributed by atoms with E-state index in [-0.39, 0.29) is 35.9 Å². The highest BCUT2D eigenvalue weighted by molar-refractivity contribution is 6.30. The number of urea groups is 1. The molecule has 1 aliphatic rings. The molecule has 1 saturated heterocycles. The summed E-state index contributed by atoms with van der Waals surface area (Å²) >= 11 is 5.83. The number of amides is 3. The zero-order valence-electron chi connectivity index (χ0n) is 20.3. The number of anilines is 2. The molecule has 13 heteroatoms. The lowest BCUT2D eigenvalue weighted by molar-refractivity contribution is -0.119. The third kappa shape index (κ3) is 5.66. The van der Waals surface area contributed by atoms with Gasteiger partial charge in [0.15, 0.2) is 0 Å². The second-order valence-electron chi connectivity index (χ2n) is 8.28. The largest absolute Gasteiger partial charge is 0.464 e. The molecule has 1 fully saturated rings. The van der Waals surface area contributed by atoms with E-state index in [4.69, 9.17) is 21.1 Å². The molecular weight excluding hydrogens is 521 g/mol. The molecule has 0 aliphatic carbocycles. The fourth-order valence-corrected chi connectivity index (χ4v) is 4.16. The molecule has 1 aliphatic heterocycles. The number of halogens is 2. The third-order valence-corrected chi connectivity index (χ3v) is 6.16. The van der Waals surface area contributed by atoms with Gasteiger partial charge in [0.1, 0.15) is 23.4 Å². The second kappa shape index (κ2) is 11.4. The first-order chi connectivity index (χ1) is 18.2. The summed E-state index contributed by atoms with van der Waals surface area (Å²) < 4.78 is 26.1. The summed E-state index contributed by atoms with van der Waals surface area (Å²) in [6, 6.07) is 9.12. The standard InChI is InChI=1S/C25H23ClFN5O6/c1-37-16-11-20(31(13-16)25(36)30-21-9-6-14(26)12-28-21)23(34)29-18-8-7-15(10-17(18)27)32-19(24(35)38-2)4-3-5-22(32)33/h3-10,12,16,20H,11,13H2,1-2H3,(H,29,34)(H,28,30,36)/t16-,20-/m1/s1. The number of hydrogen-bond donors (Lipinski definition) is 2. The van der Waals surface area contributed by atoms with Gasteiger partial charge in [0.05, 0.1) is 29.6 Å². The fourth-order valence-electron chi connectivity index (χ4n) is 4.05. The number of nitrogens with one attached hydrogen (secondary N) is 2. The Kier molecular flexibility index (Phi) is 8.03. The number of esters is 1. The number of carbonyl (C=O) groups is 3. The van der Waals surface area contributed by atoms with Crippen LogP contribution in [0.5, 0.6) is 0 Å². The van der Waals surface area contributed by atoms with E-state index in [1.807, 2.05) is 0 Å². The van der Waals surface area contributed by atoms with Crippen LogP contribution in [0, 0.1) is 5.82 Å². The van der Waals surface area contributed by atoms with Crippen molar-refractivity contribution in [2.24, 2.45) is 0 Å². The highest BCUT2D eigenvalue weighted by Gasteiger charge is 2.40. The Bertz CT molecular complexity index is 1430. The molecule has 0 spiro atoms. The molecule has 1 aromatic carbocycles. The van der Waals surface area contributed by atoms with E-state index in [2.05, 4.69) is 15.6 Å². The van der Waals surface area contributed by atoms with Crippen molar-refractivity contribution in [2.45, 2.75) is 18.6 Å². The van der Waals surface area contributed by atoms with Crippen LogP contribution in [0.4, 0.5) is 20.7 Å². The van der Waals surface area contributed by atoms with Crippen molar-refractivity contribution < 1.29 is 28.2 Å². The minimum absolute atomic E-state index is 0.0586. The number of ether oxygens (including phenoxy) is 2. The molecule has 0 bridgehead atoms. The van der Waals surface area contributed by atoms with E-state index < -0.39 is 41.4 Å². The van der Waals surface area contributed by atoms with Crippen molar-refractivity contribution in [1.82, 2.24) is 14.5 Å². The number of benzene rings is 1. The average molecular weight is 544 g/mol. The number of aromatic nitrogens is 2. The number of rotatable bonds is 6. The zero-order valence-corrected chi connectivity index (χ0v) is 21.1. The molecule has 198 valence electrons. The Labute approximate surface area is 221 Å². The summed E-state index contributed by atoms with van der Waals surface area (Å²) in [7, 11) is 2.63. The first-order valence-corrected chi connectivity index (χ1v) is 11.7. The monoisotopic (exact) mass is 543 g/mol. The van der Waals surface area contributed by atoms with Gasteiger partial charge in [0, 0.05) is 38.4 Å². The number of pyridine rings is 2. The van der Waals surface area contributed by atoms with Crippen LogP contribution in [0.15, 0.2) is 59.5 Å². The molecule has 0 unspecified atom stereocenters. The van der Waals surface area contributed by atoms with Gasteiger partial charge in [-0.2, -0.15) is 0 Å². The summed E-state index contributed by atoms with van der Waals surface area (Å²) in [6.45, 7) is 0.128. The lowest BCUT2D eigenvalue weighted by atomic mass is 10.1. The van der Waals surface area contributed by atoms with Crippen LogP contribution in [0.3, 0.4) is 0 Å². The van der Waals surface area contributed by atoms with E-state index in [0.29, 0.717) is 5.02 Å². The predicted molar refractivity (Wildman–Crippen MR) is 136 cm³/mol. The van der Waals surface area contributed by atoms with Crippen LogP contribution < -0.4 is 16.2 Å². The molecule has 38 heavy (non-hydrogen) atoms. The summed E-state index contributed by atoms with van der Waals surface area (Å²) in [4.78, 5) is 55.8. The molecule has 3 amide bonds. The molecule has 0 saturated carbocycles. The Morgan fingerprint density at radius 3 is 2.55 bits per heavy atom. The number of methoxy groups -OCH3 is 2. The molecule has 2 N–H and O–H groups in total. The van der Waals surface area contributed by atoms with Gasteiger partial charge >= 0.3 is 12.0 Å². The van der Waals surface area contributed by atoms with Crippen LogP contribution in [-0.2, 0) is 14.3 Å². The average Bonchev–Trinajstić information content (AvgIpc) is 3.35. The Morgan fingerprint density at radius 1 is 1.11 bits per heavy atom. The fraction of sp³-hybridized carbons (Fsp3) is 0.240. The van der Waals surface area contributed by atoms with Gasteiger partial charge in [-0.25, -0.2) is 19.0 Å². The highest BCUT2D eigenvalue weighted by Crippen LogP contribution is 2.25. The van der Waals surface area contributed by atoms with Crippen molar-refractivity contribution in [3.8, 4) is 5.69 Å². The quantitative estimate of drug-likeness (QED) is 0.457. The number of nitrogens with zero attached hydrogens (tertiary/aromatic N) is 3. The van der Waals surface area contributed by atoms with Gasteiger partial charge in [-0.05, 0) is 30.3 Å². The molecular formula is C25H23ClFN5O6. The van der Waals surface area contributed by atoms with E-state index in [1.165, 1.54) is 54.6 Å². The van der Waals surface area contributed by atoms with Crippen LogP contribution in [-0.4, -0.2) is 65.3 Å². The topological polar surface area (TPSA) is 132 Å². The van der Waals surface area contributed by atoms with Crippen molar-refractivity contribution in [3.05, 3.63) is 81.6 Å². The van der Waals surface area contributed by atoms with Crippen LogP contribution in [0.2, 0.25) is 5.02 Å². The Morgan fingerprint density at radius 2 is 1.89 bits per heavy atom.